The molecule has 0 amide bonds. The van der Waals surface area contributed by atoms with Gasteiger partial charge in [0.05, 0.1) is 6.07 Å². The Balaban J connectivity index is 2.02. The van der Waals surface area contributed by atoms with Crippen LogP contribution in [0.2, 0.25) is 0 Å². The molecule has 0 N–H and O–H groups in total. The summed E-state index contributed by atoms with van der Waals surface area (Å²) in [5.41, 5.74) is 4.55. The topological polar surface area (TPSA) is 33.2 Å². The molecule has 32 heavy (non-hydrogen) atoms. The van der Waals surface area contributed by atoms with Crippen LogP contribution < -0.4 is 9.93 Å². The molecule has 1 aliphatic carbocycles. The summed E-state index contributed by atoms with van der Waals surface area (Å²) in [5, 5.41) is 4.45. The van der Waals surface area contributed by atoms with Gasteiger partial charge in [0.2, 0.25) is 5.36 Å². The second-order valence-electron chi connectivity index (χ2n) is 8.09. The fourth-order valence-electron chi connectivity index (χ4n) is 4.72. The van der Waals surface area contributed by atoms with Gasteiger partial charge >= 0.3 is 0 Å². The van der Waals surface area contributed by atoms with Gasteiger partial charge in [-0.25, -0.2) is 4.58 Å². The summed E-state index contributed by atoms with van der Waals surface area (Å²) in [6.45, 7) is 7.81. The van der Waals surface area contributed by atoms with Gasteiger partial charge in [0, 0.05) is 28.1 Å². The summed E-state index contributed by atoms with van der Waals surface area (Å²) < 4.78 is 8.79. The van der Waals surface area contributed by atoms with Crippen LogP contribution in [0.3, 0.4) is 0 Å². The molecule has 0 spiro atoms. The van der Waals surface area contributed by atoms with E-state index >= 15 is 0 Å². The standard InChI is InChI=1S/C29H26NO2/c1-4-30(5-2)21-15-16-25-27(18-21)32-26-17-14-20-10-6-7-12-23(20)29(26)28(25)24-13-9-8-11-22(24)19(3)31/h6-18H,4-5H2,1-3H3/q+1. The first kappa shape index (κ1) is 20.2. The monoisotopic (exact) mass is 420 g/mol. The number of fused-ring (bicyclic) bond motifs is 4. The van der Waals surface area contributed by atoms with Gasteiger partial charge in [0.1, 0.15) is 24.4 Å². The Hall–Kier alpha value is -3.72. The summed E-state index contributed by atoms with van der Waals surface area (Å²) in [6, 6.07) is 26.8. The van der Waals surface area contributed by atoms with Gasteiger partial charge in [0.15, 0.2) is 5.78 Å². The normalized spacial score (nSPS) is 11.3. The predicted molar refractivity (Wildman–Crippen MR) is 132 cm³/mol. The van der Waals surface area contributed by atoms with E-state index < -0.39 is 0 Å². The van der Waals surface area contributed by atoms with Crippen LogP contribution in [-0.4, -0.2) is 18.9 Å². The van der Waals surface area contributed by atoms with Crippen LogP contribution in [0.1, 0.15) is 31.1 Å². The predicted octanol–water partition coefficient (Wildman–Crippen LogP) is 6.37. The zero-order valence-electron chi connectivity index (χ0n) is 18.7. The highest BCUT2D eigenvalue weighted by Crippen LogP contribution is 2.43. The lowest BCUT2D eigenvalue weighted by Crippen LogP contribution is -2.29. The highest BCUT2D eigenvalue weighted by Gasteiger charge is 2.22. The first-order valence-electron chi connectivity index (χ1n) is 11.2. The number of nitrogens with zero attached hydrogens (tertiary/aromatic N) is 1. The molecule has 5 rings (SSSR count). The molecular weight excluding hydrogens is 394 g/mol. The van der Waals surface area contributed by atoms with Crippen molar-refractivity contribution in [2.24, 2.45) is 0 Å². The van der Waals surface area contributed by atoms with Crippen molar-refractivity contribution >= 4 is 27.5 Å². The largest absolute Gasteiger partial charge is 0.456 e. The van der Waals surface area contributed by atoms with E-state index in [0.717, 1.165) is 68.2 Å². The van der Waals surface area contributed by atoms with Crippen LogP contribution in [-0.2, 0) is 0 Å². The van der Waals surface area contributed by atoms with E-state index in [1.165, 1.54) is 0 Å². The first-order valence-corrected chi connectivity index (χ1v) is 11.2. The van der Waals surface area contributed by atoms with Crippen molar-refractivity contribution in [3.05, 3.63) is 89.8 Å². The van der Waals surface area contributed by atoms with Crippen molar-refractivity contribution in [2.45, 2.75) is 20.8 Å². The molecule has 0 saturated heterocycles. The van der Waals surface area contributed by atoms with E-state index in [2.05, 4.69) is 60.9 Å². The van der Waals surface area contributed by atoms with Crippen molar-refractivity contribution < 1.29 is 9.21 Å². The van der Waals surface area contributed by atoms with E-state index in [4.69, 9.17) is 4.42 Å². The van der Waals surface area contributed by atoms with Gasteiger partial charge in [0.25, 0.3) is 0 Å². The van der Waals surface area contributed by atoms with Crippen molar-refractivity contribution in [3.8, 4) is 22.5 Å². The Morgan fingerprint density at radius 3 is 2.38 bits per heavy atom. The minimum atomic E-state index is 0.0580. The molecule has 0 bridgehead atoms. The third-order valence-electron chi connectivity index (χ3n) is 6.30. The lowest BCUT2D eigenvalue weighted by atomic mass is 9.88. The van der Waals surface area contributed by atoms with Gasteiger partial charge < -0.3 is 4.42 Å². The zero-order chi connectivity index (χ0) is 22.2. The summed E-state index contributed by atoms with van der Waals surface area (Å²) in [4.78, 5) is 12.6. The van der Waals surface area contributed by atoms with Gasteiger partial charge in [-0.15, -0.1) is 0 Å². The molecule has 0 atom stereocenters. The van der Waals surface area contributed by atoms with Crippen molar-refractivity contribution in [1.82, 2.24) is 4.58 Å². The maximum Gasteiger partial charge on any atom is 0.203 e. The van der Waals surface area contributed by atoms with Crippen LogP contribution in [0.15, 0.2) is 83.3 Å². The average molecular weight is 421 g/mol. The van der Waals surface area contributed by atoms with Crippen LogP contribution in [0.25, 0.3) is 44.2 Å². The van der Waals surface area contributed by atoms with Crippen LogP contribution in [0, 0.1) is 0 Å². The lowest BCUT2D eigenvalue weighted by molar-refractivity contribution is 0.101. The Bertz CT molecular complexity index is 1520. The molecule has 158 valence electrons. The van der Waals surface area contributed by atoms with Gasteiger partial charge in [-0.2, -0.15) is 0 Å². The fraction of sp³-hybridized carbons (Fsp3) is 0.172. The quantitative estimate of drug-likeness (QED) is 0.146. The van der Waals surface area contributed by atoms with E-state index in [0.29, 0.717) is 0 Å². The number of hydrogen-bond donors (Lipinski definition) is 0. The Kier molecular flexibility index (Phi) is 5.10. The van der Waals surface area contributed by atoms with Crippen molar-refractivity contribution in [1.29, 1.82) is 0 Å². The molecule has 3 heteroatoms. The molecule has 3 aromatic rings. The molecular formula is C29H26NO2+. The third-order valence-corrected chi connectivity index (χ3v) is 6.30. The number of rotatable bonds is 4. The maximum absolute atomic E-state index is 12.6. The van der Waals surface area contributed by atoms with E-state index in [1.54, 1.807) is 6.92 Å². The van der Waals surface area contributed by atoms with E-state index in [-0.39, 0.29) is 5.78 Å². The number of benzene rings is 4. The minimum Gasteiger partial charge on any atom is -0.456 e. The van der Waals surface area contributed by atoms with Gasteiger partial charge in [-0.05, 0) is 49.2 Å². The average Bonchev–Trinajstić information content (AvgIpc) is 2.83. The highest BCUT2D eigenvalue weighted by molar-refractivity contribution is 6.17. The maximum atomic E-state index is 12.6. The van der Waals surface area contributed by atoms with Gasteiger partial charge in [-0.1, -0.05) is 54.6 Å². The minimum absolute atomic E-state index is 0.0580. The lowest BCUT2D eigenvalue weighted by Gasteiger charge is -2.18. The molecule has 0 unspecified atom stereocenters. The second-order valence-corrected chi connectivity index (χ2v) is 8.09. The number of ketones is 1. The molecule has 2 aliphatic rings. The zero-order valence-corrected chi connectivity index (χ0v) is 18.7. The number of Topliss-reactive ketones (excluding diaryl/α,β-unsaturated/α-hetero) is 1. The highest BCUT2D eigenvalue weighted by atomic mass is 16.3. The molecule has 1 aliphatic heterocycles. The molecule has 0 fully saturated rings. The Morgan fingerprint density at radius 1 is 0.844 bits per heavy atom. The summed E-state index contributed by atoms with van der Waals surface area (Å²) in [6.07, 6.45) is 0. The number of carbonyl (C=O) groups is 1. The Labute approximate surface area is 187 Å². The van der Waals surface area contributed by atoms with Crippen LogP contribution in [0.5, 0.6) is 0 Å². The number of carbonyl (C=O) groups excluding carboxylic acids is 1. The van der Waals surface area contributed by atoms with E-state index in [1.807, 2.05) is 36.4 Å². The molecule has 0 aromatic heterocycles. The molecule has 3 nitrogen and oxygen atoms in total. The molecule has 3 aromatic carbocycles. The van der Waals surface area contributed by atoms with E-state index in [9.17, 15) is 4.79 Å². The summed E-state index contributed by atoms with van der Waals surface area (Å²) in [5.74, 6) is 0.883. The number of hydrogen-bond acceptors (Lipinski definition) is 2. The van der Waals surface area contributed by atoms with Gasteiger partial charge in [-0.3, -0.25) is 4.79 Å². The van der Waals surface area contributed by atoms with Crippen LogP contribution in [0.4, 0.5) is 0 Å². The van der Waals surface area contributed by atoms with Crippen molar-refractivity contribution in [2.75, 3.05) is 13.1 Å². The SMILES string of the molecule is CC[N+](CC)=c1ccc2c(-c3ccccc3C(C)=O)c3c(ccc4ccccc43)oc-2c1. The van der Waals surface area contributed by atoms with Crippen LogP contribution >= 0.6 is 0 Å². The fourth-order valence-corrected chi connectivity index (χ4v) is 4.72. The Morgan fingerprint density at radius 2 is 1.59 bits per heavy atom. The second kappa shape index (κ2) is 8.08. The molecule has 0 saturated carbocycles. The third kappa shape index (κ3) is 3.21. The molecule has 0 radical (unpaired) electrons. The summed E-state index contributed by atoms with van der Waals surface area (Å²) >= 11 is 0. The molecule has 1 heterocycles. The smallest absolute Gasteiger partial charge is 0.203 e. The first-order chi connectivity index (χ1) is 15.6. The summed E-state index contributed by atoms with van der Waals surface area (Å²) in [7, 11) is 0. The van der Waals surface area contributed by atoms with Crippen molar-refractivity contribution in [3.63, 3.8) is 0 Å².